The number of imidazole rings is 1. The molecule has 5 rings (SSSR count). The largest absolute Gasteiger partial charge is 0.495 e. The predicted octanol–water partition coefficient (Wildman–Crippen LogP) is 4.29. The Hall–Kier alpha value is -2.81. The molecule has 1 aliphatic carbocycles. The van der Waals surface area contributed by atoms with Gasteiger partial charge in [0.1, 0.15) is 22.8 Å². The number of nitrogens with zero attached hydrogens (tertiary/aromatic N) is 4. The Morgan fingerprint density at radius 1 is 1.09 bits per heavy atom. The highest BCUT2D eigenvalue weighted by atomic mass is 19.1. The zero-order chi connectivity index (χ0) is 22.1. The summed E-state index contributed by atoms with van der Waals surface area (Å²) in [5.74, 6) is -0.413. The van der Waals surface area contributed by atoms with E-state index < -0.39 is 11.6 Å². The van der Waals surface area contributed by atoms with Gasteiger partial charge in [-0.1, -0.05) is 19.3 Å². The number of fused-ring (bicyclic) bond motifs is 1. The van der Waals surface area contributed by atoms with Crippen molar-refractivity contribution in [2.75, 3.05) is 25.5 Å². The molecule has 0 aromatic carbocycles. The molecule has 32 heavy (non-hydrogen) atoms. The van der Waals surface area contributed by atoms with Gasteiger partial charge in [-0.15, -0.1) is 0 Å². The number of anilines is 1. The van der Waals surface area contributed by atoms with Gasteiger partial charge >= 0.3 is 0 Å². The smallest absolute Gasteiger partial charge is 0.168 e. The third kappa shape index (κ3) is 4.01. The maximum atomic E-state index is 14.9. The minimum absolute atomic E-state index is 0.0254. The Kier molecular flexibility index (Phi) is 5.91. The number of nitrogens with one attached hydrogen (secondary N) is 2. The summed E-state index contributed by atoms with van der Waals surface area (Å²) in [4.78, 5) is 8.71. The van der Waals surface area contributed by atoms with Gasteiger partial charge in [0.05, 0.1) is 13.3 Å². The first kappa shape index (κ1) is 21.1. The summed E-state index contributed by atoms with van der Waals surface area (Å²) >= 11 is 0. The predicted molar refractivity (Wildman–Crippen MR) is 118 cm³/mol. The van der Waals surface area contributed by atoms with Crippen molar-refractivity contribution < 1.29 is 13.5 Å². The average Bonchev–Trinajstić information content (AvgIpc) is 3.24. The van der Waals surface area contributed by atoms with Gasteiger partial charge in [0, 0.05) is 30.6 Å². The maximum Gasteiger partial charge on any atom is 0.168 e. The van der Waals surface area contributed by atoms with Crippen molar-refractivity contribution >= 4 is 11.5 Å². The molecule has 0 spiro atoms. The topological polar surface area (TPSA) is 76.4 Å². The number of methoxy groups -OCH3 is 1. The first-order chi connectivity index (χ1) is 15.6. The van der Waals surface area contributed by atoms with E-state index in [1.807, 2.05) is 6.07 Å². The number of halogens is 2. The van der Waals surface area contributed by atoms with Gasteiger partial charge in [0.25, 0.3) is 0 Å². The lowest BCUT2D eigenvalue weighted by molar-refractivity contribution is 0.377. The van der Waals surface area contributed by atoms with E-state index in [2.05, 4.69) is 20.6 Å². The van der Waals surface area contributed by atoms with Crippen LogP contribution in [0, 0.1) is 11.6 Å². The van der Waals surface area contributed by atoms with Gasteiger partial charge in [0.15, 0.2) is 23.1 Å². The molecule has 170 valence electrons. The normalized spacial score (nSPS) is 19.9. The second-order valence-electron chi connectivity index (χ2n) is 8.68. The highest BCUT2D eigenvalue weighted by Crippen LogP contribution is 2.37. The third-order valence-corrected chi connectivity index (χ3v) is 6.51. The maximum absolute atomic E-state index is 14.9. The number of rotatable bonds is 5. The molecule has 1 atom stereocenters. The molecule has 0 bridgehead atoms. The lowest BCUT2D eigenvalue weighted by atomic mass is 9.86. The molecular formula is C23H28F2N6O. The Morgan fingerprint density at radius 3 is 2.69 bits per heavy atom. The minimum atomic E-state index is -0.742. The molecule has 9 heteroatoms. The van der Waals surface area contributed by atoms with Crippen LogP contribution in [0.3, 0.4) is 0 Å². The molecule has 1 unspecified atom stereocenters. The Morgan fingerprint density at radius 2 is 1.94 bits per heavy atom. The van der Waals surface area contributed by atoms with Crippen molar-refractivity contribution in [2.45, 2.75) is 56.9 Å². The van der Waals surface area contributed by atoms with Gasteiger partial charge in [-0.2, -0.15) is 5.10 Å². The molecule has 1 aliphatic heterocycles. The first-order valence-corrected chi connectivity index (χ1v) is 11.4. The van der Waals surface area contributed by atoms with Crippen LogP contribution in [-0.4, -0.2) is 45.8 Å². The van der Waals surface area contributed by atoms with Crippen LogP contribution < -0.4 is 15.4 Å². The average molecular weight is 443 g/mol. The molecule has 1 saturated heterocycles. The molecule has 4 heterocycles. The second-order valence-corrected chi connectivity index (χ2v) is 8.68. The van der Waals surface area contributed by atoms with Crippen molar-refractivity contribution in [1.82, 2.24) is 24.9 Å². The van der Waals surface area contributed by atoms with Crippen molar-refractivity contribution in [2.24, 2.45) is 0 Å². The molecule has 3 aromatic rings. The lowest BCUT2D eigenvalue weighted by Crippen LogP contribution is -2.38. The third-order valence-electron chi connectivity index (χ3n) is 6.51. The fourth-order valence-corrected chi connectivity index (χ4v) is 4.81. The van der Waals surface area contributed by atoms with Crippen LogP contribution in [0.15, 0.2) is 18.3 Å². The summed E-state index contributed by atoms with van der Waals surface area (Å²) in [6, 6.07) is 2.76. The van der Waals surface area contributed by atoms with Crippen molar-refractivity contribution in [3.63, 3.8) is 0 Å². The summed E-state index contributed by atoms with van der Waals surface area (Å²) < 4.78 is 36.6. The van der Waals surface area contributed by atoms with E-state index in [0.717, 1.165) is 63.4 Å². The Labute approximate surface area is 185 Å². The van der Waals surface area contributed by atoms with E-state index in [-0.39, 0.29) is 17.6 Å². The molecule has 0 radical (unpaired) electrons. The fraction of sp³-hybridized carbons (Fsp3) is 0.522. The standard InChI is InChI=1S/C23H28F2N6O/c1-32-19-11-20-27-13-18(31(20)30-21(19)14-6-3-2-4-7-14)22-16(24)10-17(25)23(29-22)28-15-8-5-9-26-12-15/h10-11,13-15,26H,2-9,12H2,1H3,(H,28,29). The Balaban J connectivity index is 1.55. The molecular weight excluding hydrogens is 414 g/mol. The SMILES string of the molecule is COc1cc2ncc(-c3nc(NC4CCCNC4)c(F)cc3F)n2nc1C1CCCCC1. The number of ether oxygens (including phenoxy) is 1. The van der Waals surface area contributed by atoms with E-state index in [9.17, 15) is 8.78 Å². The minimum Gasteiger partial charge on any atom is -0.495 e. The quantitative estimate of drug-likeness (QED) is 0.614. The lowest BCUT2D eigenvalue weighted by Gasteiger charge is -2.24. The molecule has 2 fully saturated rings. The summed E-state index contributed by atoms with van der Waals surface area (Å²) in [7, 11) is 1.63. The van der Waals surface area contributed by atoms with Crippen molar-refractivity contribution in [3.05, 3.63) is 35.7 Å². The van der Waals surface area contributed by atoms with Crippen LogP contribution in [0.5, 0.6) is 5.75 Å². The Bertz CT molecular complexity index is 1110. The number of pyridine rings is 1. The van der Waals surface area contributed by atoms with E-state index in [0.29, 0.717) is 23.0 Å². The second kappa shape index (κ2) is 8.97. The summed E-state index contributed by atoms with van der Waals surface area (Å²) in [5.41, 5.74) is 1.81. The zero-order valence-corrected chi connectivity index (χ0v) is 18.2. The van der Waals surface area contributed by atoms with Gasteiger partial charge in [-0.25, -0.2) is 23.3 Å². The van der Waals surface area contributed by atoms with Crippen LogP contribution in [0.2, 0.25) is 0 Å². The van der Waals surface area contributed by atoms with Crippen LogP contribution in [0.4, 0.5) is 14.6 Å². The van der Waals surface area contributed by atoms with Gasteiger partial charge in [-0.05, 0) is 32.2 Å². The molecule has 0 amide bonds. The van der Waals surface area contributed by atoms with Crippen LogP contribution in [-0.2, 0) is 0 Å². The van der Waals surface area contributed by atoms with E-state index in [4.69, 9.17) is 9.84 Å². The fourth-order valence-electron chi connectivity index (χ4n) is 4.81. The van der Waals surface area contributed by atoms with Gasteiger partial charge < -0.3 is 15.4 Å². The summed E-state index contributed by atoms with van der Waals surface area (Å²) in [5, 5.41) is 11.2. The molecule has 1 saturated carbocycles. The number of hydrogen-bond donors (Lipinski definition) is 2. The molecule has 2 aliphatic rings. The first-order valence-electron chi connectivity index (χ1n) is 11.4. The highest BCUT2D eigenvalue weighted by molar-refractivity contribution is 5.63. The van der Waals surface area contributed by atoms with E-state index in [1.165, 1.54) is 12.6 Å². The summed E-state index contributed by atoms with van der Waals surface area (Å²) in [6.45, 7) is 1.67. The summed E-state index contributed by atoms with van der Waals surface area (Å²) in [6.07, 6.45) is 9.07. The monoisotopic (exact) mass is 442 g/mol. The molecule has 7 nitrogen and oxygen atoms in total. The molecule has 3 aromatic heterocycles. The van der Waals surface area contributed by atoms with Gasteiger partial charge in [-0.3, -0.25) is 0 Å². The van der Waals surface area contributed by atoms with E-state index in [1.54, 1.807) is 11.6 Å². The molecule has 2 N–H and O–H groups in total. The van der Waals surface area contributed by atoms with Crippen molar-refractivity contribution in [1.29, 1.82) is 0 Å². The van der Waals surface area contributed by atoms with Crippen LogP contribution in [0.1, 0.15) is 56.6 Å². The number of piperidine rings is 1. The van der Waals surface area contributed by atoms with Crippen LogP contribution >= 0.6 is 0 Å². The van der Waals surface area contributed by atoms with Crippen LogP contribution in [0.25, 0.3) is 17.0 Å². The highest BCUT2D eigenvalue weighted by Gasteiger charge is 2.25. The van der Waals surface area contributed by atoms with Crippen molar-refractivity contribution in [3.8, 4) is 17.1 Å². The number of aromatic nitrogens is 4. The number of hydrogen-bond acceptors (Lipinski definition) is 6. The van der Waals surface area contributed by atoms with Gasteiger partial charge in [0.2, 0.25) is 0 Å². The zero-order valence-electron chi connectivity index (χ0n) is 18.2. The van der Waals surface area contributed by atoms with E-state index >= 15 is 0 Å².